The molecule has 0 saturated heterocycles. The van der Waals surface area contributed by atoms with E-state index in [0.29, 0.717) is 55.8 Å². The number of nitrogens with zero attached hydrogens (tertiary/aromatic N) is 4. The summed E-state index contributed by atoms with van der Waals surface area (Å²) >= 11 is 0. The van der Waals surface area contributed by atoms with Crippen molar-refractivity contribution in [1.82, 2.24) is 19.6 Å². The molecule has 0 bridgehead atoms. The summed E-state index contributed by atoms with van der Waals surface area (Å²) in [5.74, 6) is -0.974. The summed E-state index contributed by atoms with van der Waals surface area (Å²) in [4.78, 5) is 34.6. The van der Waals surface area contributed by atoms with E-state index >= 15 is 0 Å². The molecule has 208 valence electrons. The fourth-order valence-electron chi connectivity index (χ4n) is 5.50. The lowest BCUT2D eigenvalue weighted by atomic mass is 9.69. The minimum Gasteiger partial charge on any atom is -0.481 e. The van der Waals surface area contributed by atoms with Gasteiger partial charge in [0.25, 0.3) is 0 Å². The first kappa shape index (κ1) is 27.4. The third-order valence-electron chi connectivity index (χ3n) is 7.80. The van der Waals surface area contributed by atoms with Gasteiger partial charge in [-0.2, -0.15) is 9.61 Å². The maximum absolute atomic E-state index is 12.8. The quantitative estimate of drug-likeness (QED) is 0.216. The first-order valence-corrected chi connectivity index (χ1v) is 13.3. The van der Waals surface area contributed by atoms with E-state index in [4.69, 9.17) is 20.2 Å². The predicted octanol–water partition coefficient (Wildman–Crippen LogP) is 4.63. The molecule has 1 saturated carbocycles. The second-order valence-electron chi connectivity index (χ2n) is 10.3. The lowest BCUT2D eigenvalue weighted by Gasteiger charge is -2.36. The molecular formula is C30H33N5O5. The number of hydrogen-bond donors (Lipinski definition) is 2. The highest BCUT2D eigenvalue weighted by Gasteiger charge is 2.43. The third kappa shape index (κ3) is 5.20. The number of aromatic nitrogens is 4. The molecule has 1 aromatic carbocycles. The van der Waals surface area contributed by atoms with Gasteiger partial charge in [-0.15, -0.1) is 0 Å². The number of ketones is 1. The van der Waals surface area contributed by atoms with E-state index < -0.39 is 11.4 Å². The van der Waals surface area contributed by atoms with E-state index in [9.17, 15) is 14.7 Å². The molecule has 0 spiro atoms. The number of anilines is 1. The van der Waals surface area contributed by atoms with Crippen molar-refractivity contribution in [3.8, 4) is 22.4 Å². The lowest BCUT2D eigenvalue weighted by Crippen LogP contribution is -2.39. The maximum atomic E-state index is 12.8. The Hall–Kier alpha value is -4.15. The fourth-order valence-corrected chi connectivity index (χ4v) is 5.50. The number of Topliss-reactive ketones (excluding diaryl/α,β-unsaturated/α-hetero) is 1. The summed E-state index contributed by atoms with van der Waals surface area (Å²) in [5.41, 5.74) is 10.4. The molecular weight excluding hydrogens is 510 g/mol. The molecule has 3 aromatic heterocycles. The number of fused-ring (bicyclic) bond motifs is 1. The number of pyridine rings is 1. The average Bonchev–Trinajstić information content (AvgIpc) is 3.40. The summed E-state index contributed by atoms with van der Waals surface area (Å²) in [6.07, 6.45) is 5.35. The van der Waals surface area contributed by atoms with Gasteiger partial charge in [0.2, 0.25) is 0 Å². The molecule has 3 heterocycles. The summed E-state index contributed by atoms with van der Waals surface area (Å²) < 4.78 is 12.1. The van der Waals surface area contributed by atoms with Crippen LogP contribution in [0.5, 0.6) is 0 Å². The smallest absolute Gasteiger partial charge is 0.311 e. The number of carboxylic acid groups (broad SMARTS) is 1. The van der Waals surface area contributed by atoms with E-state index in [-0.39, 0.29) is 24.1 Å². The van der Waals surface area contributed by atoms with E-state index in [1.54, 1.807) is 19.5 Å². The van der Waals surface area contributed by atoms with Crippen LogP contribution in [0.25, 0.3) is 28.0 Å². The van der Waals surface area contributed by atoms with Gasteiger partial charge in [0.1, 0.15) is 5.82 Å². The fraction of sp³-hybridized carbons (Fsp3) is 0.367. The van der Waals surface area contributed by atoms with Gasteiger partial charge in [0.15, 0.2) is 11.4 Å². The van der Waals surface area contributed by atoms with Gasteiger partial charge in [-0.3, -0.25) is 14.6 Å². The van der Waals surface area contributed by atoms with Crippen molar-refractivity contribution < 1.29 is 24.2 Å². The van der Waals surface area contributed by atoms with E-state index in [1.807, 2.05) is 42.5 Å². The van der Waals surface area contributed by atoms with Crippen LogP contribution in [0, 0.1) is 5.41 Å². The molecule has 0 unspecified atom stereocenters. The van der Waals surface area contributed by atoms with Gasteiger partial charge in [-0.25, -0.2) is 4.98 Å². The molecule has 0 radical (unpaired) electrons. The molecule has 1 aliphatic carbocycles. The zero-order chi connectivity index (χ0) is 28.3. The van der Waals surface area contributed by atoms with Gasteiger partial charge < -0.3 is 20.3 Å². The van der Waals surface area contributed by atoms with Crippen molar-refractivity contribution >= 4 is 23.2 Å². The number of methoxy groups -OCH3 is 1. The largest absolute Gasteiger partial charge is 0.481 e. The molecule has 40 heavy (non-hydrogen) atoms. The number of ether oxygens (including phenoxy) is 2. The van der Waals surface area contributed by atoms with Gasteiger partial charge in [0.05, 0.1) is 48.4 Å². The maximum Gasteiger partial charge on any atom is 0.311 e. The Kier molecular flexibility index (Phi) is 7.90. The molecule has 0 atom stereocenters. The number of carbonyl (C=O) groups excluding carboxylic acids is 1. The monoisotopic (exact) mass is 543 g/mol. The Morgan fingerprint density at radius 2 is 1.82 bits per heavy atom. The highest BCUT2D eigenvalue weighted by atomic mass is 16.5. The van der Waals surface area contributed by atoms with E-state index in [2.05, 4.69) is 10.1 Å². The Balaban J connectivity index is 1.47. The van der Waals surface area contributed by atoms with Gasteiger partial charge >= 0.3 is 5.97 Å². The molecule has 0 amide bonds. The minimum atomic E-state index is -0.982. The normalized spacial score (nSPS) is 19.1. The van der Waals surface area contributed by atoms with Crippen molar-refractivity contribution in [1.29, 1.82) is 0 Å². The number of benzene rings is 1. The molecule has 5 rings (SSSR count). The lowest BCUT2D eigenvalue weighted by molar-refractivity contribution is -0.156. The number of carboxylic acids is 1. The van der Waals surface area contributed by atoms with Crippen LogP contribution in [0.1, 0.15) is 54.6 Å². The summed E-state index contributed by atoms with van der Waals surface area (Å²) in [6.45, 7) is 2.32. The first-order chi connectivity index (χ1) is 19.3. The van der Waals surface area contributed by atoms with Crippen LogP contribution in [-0.2, 0) is 14.3 Å². The van der Waals surface area contributed by atoms with Crippen LogP contribution in [0.2, 0.25) is 0 Å². The highest BCUT2D eigenvalue weighted by Crippen LogP contribution is 2.45. The van der Waals surface area contributed by atoms with Crippen LogP contribution in [0.3, 0.4) is 0 Å². The van der Waals surface area contributed by atoms with Gasteiger partial charge in [-0.1, -0.05) is 36.4 Å². The standard InChI is InChI=1S/C30H33N5O5/c1-19(36)25-26(21-10-12-30(13-11-21,29(37)38)18-40-15-14-39-2)34-28-23(17-33-35(28)27(25)31)22-8-9-24(32-16-22)20-6-4-3-5-7-20/h3-9,16-17,21H,10-15,18,31H2,1-2H3,(H,37,38). The second kappa shape index (κ2) is 11.5. The van der Waals surface area contributed by atoms with Crippen LogP contribution in [0.4, 0.5) is 5.82 Å². The van der Waals surface area contributed by atoms with Crippen LogP contribution in [-0.4, -0.2) is 63.4 Å². The summed E-state index contributed by atoms with van der Waals surface area (Å²) in [5, 5.41) is 14.5. The first-order valence-electron chi connectivity index (χ1n) is 13.3. The summed E-state index contributed by atoms with van der Waals surface area (Å²) in [7, 11) is 1.58. The zero-order valence-electron chi connectivity index (χ0n) is 22.7. The number of hydrogen-bond acceptors (Lipinski definition) is 8. The molecule has 3 N–H and O–H groups in total. The molecule has 0 aliphatic heterocycles. The van der Waals surface area contributed by atoms with Gasteiger partial charge in [0, 0.05) is 35.9 Å². The predicted molar refractivity (Wildman–Crippen MR) is 150 cm³/mol. The van der Waals surface area contributed by atoms with Crippen molar-refractivity contribution in [2.24, 2.45) is 5.41 Å². The number of carbonyl (C=O) groups is 2. The SMILES string of the molecule is COCCOCC1(C(=O)O)CCC(c2nc3c(-c4ccc(-c5ccccc5)nc4)cnn3c(N)c2C(C)=O)CC1. The number of nitrogen functional groups attached to an aromatic ring is 1. The van der Waals surface area contributed by atoms with Crippen molar-refractivity contribution in [2.45, 2.75) is 38.5 Å². The Morgan fingerprint density at radius 1 is 1.07 bits per heavy atom. The molecule has 1 aliphatic rings. The van der Waals surface area contributed by atoms with Crippen molar-refractivity contribution in [3.63, 3.8) is 0 Å². The van der Waals surface area contributed by atoms with Crippen molar-refractivity contribution in [2.75, 3.05) is 32.7 Å². The van der Waals surface area contributed by atoms with Crippen LogP contribution >= 0.6 is 0 Å². The van der Waals surface area contributed by atoms with Crippen molar-refractivity contribution in [3.05, 3.63) is 66.1 Å². The van der Waals surface area contributed by atoms with E-state index in [1.165, 1.54) is 11.4 Å². The Morgan fingerprint density at radius 3 is 2.45 bits per heavy atom. The average molecular weight is 544 g/mol. The number of rotatable bonds is 10. The van der Waals surface area contributed by atoms with Gasteiger partial charge in [-0.05, 0) is 38.7 Å². The number of aliphatic carboxylic acids is 1. The zero-order valence-corrected chi connectivity index (χ0v) is 22.7. The Bertz CT molecular complexity index is 1510. The highest BCUT2D eigenvalue weighted by molar-refractivity contribution is 6.00. The molecule has 1 fully saturated rings. The number of nitrogens with two attached hydrogens (primary N) is 1. The second-order valence-corrected chi connectivity index (χ2v) is 10.3. The molecule has 4 aromatic rings. The summed E-state index contributed by atoms with van der Waals surface area (Å²) in [6, 6.07) is 13.8. The van der Waals surface area contributed by atoms with E-state index in [0.717, 1.165) is 22.4 Å². The third-order valence-corrected chi connectivity index (χ3v) is 7.80. The molecule has 10 nitrogen and oxygen atoms in total. The topological polar surface area (TPSA) is 142 Å². The Labute approximate surface area is 232 Å². The van der Waals surface area contributed by atoms with Crippen LogP contribution < -0.4 is 5.73 Å². The minimum absolute atomic E-state index is 0.116. The molecule has 10 heteroatoms. The van der Waals surface area contributed by atoms with Crippen LogP contribution in [0.15, 0.2) is 54.9 Å².